The van der Waals surface area contributed by atoms with Crippen molar-refractivity contribution in [2.75, 3.05) is 18.1 Å². The van der Waals surface area contributed by atoms with E-state index >= 15 is 0 Å². The largest absolute Gasteiger partial charge is 2.00 e. The van der Waals surface area contributed by atoms with Crippen LogP contribution in [0, 0.1) is 6.92 Å². The van der Waals surface area contributed by atoms with E-state index in [2.05, 4.69) is 111 Å². The summed E-state index contributed by atoms with van der Waals surface area (Å²) in [6, 6.07) is 31.7. The second-order valence-electron chi connectivity index (χ2n) is 19.8. The molecule has 422 valence electrons. The molecule has 0 unspecified atom stereocenters. The summed E-state index contributed by atoms with van der Waals surface area (Å²) in [5.74, 6) is 1.24. The van der Waals surface area contributed by atoms with Gasteiger partial charge in [0.2, 0.25) is 5.91 Å². The number of carbonyl (C=O) groups is 3. The number of allylic oxidation sites excluding steroid dienone is 20. The Kier molecular flexibility index (Phi) is 24.8. The quantitative estimate of drug-likeness (QED) is 0.0189. The number of nitrogens with zero attached hydrogens (tertiary/aromatic N) is 8. The van der Waals surface area contributed by atoms with E-state index in [1.807, 2.05) is 127 Å². The number of hydrogen-bond donors (Lipinski definition) is 0. The van der Waals surface area contributed by atoms with E-state index < -0.39 is 6.04 Å². The van der Waals surface area contributed by atoms with Gasteiger partial charge in [0.15, 0.2) is 11.6 Å². The maximum absolute atomic E-state index is 14.4. The predicted octanol–water partition coefficient (Wildman–Crippen LogP) is 12.9. The molecule has 1 amide bonds. The number of ketones is 2. The molecule has 6 aromatic rings. The Balaban J connectivity index is 0.000000747. The van der Waals surface area contributed by atoms with Crippen molar-refractivity contribution in [1.29, 1.82) is 0 Å². The number of anilines is 1. The van der Waals surface area contributed by atoms with Gasteiger partial charge in [0.25, 0.3) is 0 Å². The molecule has 1 aliphatic heterocycles. The van der Waals surface area contributed by atoms with Crippen molar-refractivity contribution in [3.05, 3.63) is 276 Å². The maximum atomic E-state index is 14.4. The molecule has 15 heteroatoms. The molecule has 4 aliphatic carbocycles. The van der Waals surface area contributed by atoms with E-state index in [1.165, 1.54) is 0 Å². The summed E-state index contributed by atoms with van der Waals surface area (Å²) in [6.07, 6.45) is 49.3. The fourth-order valence-electron chi connectivity index (χ4n) is 9.33. The molecule has 0 radical (unpaired) electrons. The first-order chi connectivity index (χ1) is 39.8. The van der Waals surface area contributed by atoms with Gasteiger partial charge < -0.3 is 14.4 Å². The smallest absolute Gasteiger partial charge is 0.494 e. The Hall–Kier alpha value is -8.29. The maximum Gasteiger partial charge on any atom is 2.00 e. The van der Waals surface area contributed by atoms with E-state index in [0.717, 1.165) is 53.6 Å². The van der Waals surface area contributed by atoms with Gasteiger partial charge in [-0.15, -0.1) is 10.2 Å². The number of benzene rings is 4. The Bertz CT molecular complexity index is 3230. The van der Waals surface area contributed by atoms with Gasteiger partial charge in [-0.25, -0.2) is 0 Å². The van der Waals surface area contributed by atoms with Crippen LogP contribution < -0.4 is 14.4 Å². The normalized spacial score (nSPS) is 16.2. The van der Waals surface area contributed by atoms with Crippen molar-refractivity contribution >= 4 is 29.2 Å². The molecule has 1 saturated heterocycles. The molecule has 11 rings (SSSR count). The molecule has 2 atom stereocenters. The number of amides is 1. The average Bonchev–Trinajstić information content (AvgIpc) is 4.34. The number of aromatic nitrogens is 6. The van der Waals surface area contributed by atoms with Crippen LogP contribution >= 0.6 is 0 Å². The zero-order valence-corrected chi connectivity index (χ0v) is 48.7. The number of β-lactam (4-membered cyclic amide) rings is 1. The summed E-state index contributed by atoms with van der Waals surface area (Å²) in [5, 5.41) is 18.0. The average molecular weight is 1190 g/mol. The van der Waals surface area contributed by atoms with Crippen molar-refractivity contribution < 1.29 is 58.0 Å². The zero-order chi connectivity index (χ0) is 55.9. The van der Waals surface area contributed by atoms with Crippen LogP contribution in [0.1, 0.15) is 81.8 Å². The SMILES string of the molecule is C1=CCC=C1.C1=CCC=C1.Cc1ccc(N2C(=O)[C@@H](N(Cc3cn(CCCOc4ccc(C(=O)/C=C/C5=CCC=C5)cc4)nn3)Cc3cn(CCCOc4ccc(C(=O)/C=C/C5=CCC=C5)cc4)nn3)[C@H]2/C=C/c2ccccc2)cc1.[Fe+2].[Fe+2]. The number of rotatable bonds is 24. The third kappa shape index (κ3) is 19.1. The summed E-state index contributed by atoms with van der Waals surface area (Å²) in [6.45, 7) is 4.76. The molecule has 5 aliphatic rings. The number of aryl methyl sites for hydroxylation is 3. The van der Waals surface area contributed by atoms with Gasteiger partial charge in [-0.05, 0) is 122 Å². The van der Waals surface area contributed by atoms with Crippen molar-refractivity contribution in [3.8, 4) is 11.5 Å². The molecule has 3 heterocycles. The van der Waals surface area contributed by atoms with Crippen molar-refractivity contribution in [2.45, 2.75) is 83.7 Å². The third-order valence-corrected chi connectivity index (χ3v) is 13.6. The second kappa shape index (κ2) is 33.0. The Labute approximate surface area is 508 Å². The first kappa shape index (κ1) is 62.3. The van der Waals surface area contributed by atoms with Crippen LogP contribution in [0.5, 0.6) is 11.5 Å². The Morgan fingerprint density at radius 3 is 1.51 bits per heavy atom. The minimum atomic E-state index is -0.521. The molecular weight excluding hydrogens is 1120 g/mol. The first-order valence-corrected chi connectivity index (χ1v) is 27.7. The van der Waals surface area contributed by atoms with Gasteiger partial charge >= 0.3 is 34.1 Å². The van der Waals surface area contributed by atoms with Crippen LogP contribution in [0.15, 0.2) is 242 Å². The molecule has 0 saturated carbocycles. The van der Waals surface area contributed by atoms with Gasteiger partial charge in [0, 0.05) is 68.2 Å². The molecule has 0 bridgehead atoms. The predicted molar refractivity (Wildman–Crippen MR) is 321 cm³/mol. The first-order valence-electron chi connectivity index (χ1n) is 27.7. The minimum Gasteiger partial charge on any atom is -0.494 e. The van der Waals surface area contributed by atoms with Crippen LogP contribution in [-0.2, 0) is 65.1 Å². The molecule has 0 spiro atoms. The second-order valence-corrected chi connectivity index (χ2v) is 19.8. The topological polar surface area (TPSA) is 138 Å². The van der Waals surface area contributed by atoms with E-state index in [0.29, 0.717) is 86.2 Å². The molecule has 13 nitrogen and oxygen atoms in total. The van der Waals surface area contributed by atoms with Crippen LogP contribution in [0.25, 0.3) is 6.08 Å². The summed E-state index contributed by atoms with van der Waals surface area (Å²) >= 11 is 0. The van der Waals surface area contributed by atoms with Crippen LogP contribution in [-0.4, -0.2) is 77.7 Å². The van der Waals surface area contributed by atoms with Gasteiger partial charge in [-0.1, -0.05) is 168 Å². The van der Waals surface area contributed by atoms with Gasteiger partial charge in [0.1, 0.15) is 17.5 Å². The monoisotopic (exact) mass is 1190 g/mol. The number of carbonyl (C=O) groups excluding carboxylic acids is 3. The van der Waals surface area contributed by atoms with Crippen molar-refractivity contribution in [2.24, 2.45) is 0 Å². The third-order valence-electron chi connectivity index (χ3n) is 13.6. The van der Waals surface area contributed by atoms with Crippen molar-refractivity contribution in [3.63, 3.8) is 0 Å². The van der Waals surface area contributed by atoms with Gasteiger partial charge in [-0.2, -0.15) is 0 Å². The summed E-state index contributed by atoms with van der Waals surface area (Å²) in [7, 11) is 0. The van der Waals surface area contributed by atoms with E-state index in [9.17, 15) is 14.4 Å². The van der Waals surface area contributed by atoms with Crippen LogP contribution in [0.3, 0.4) is 0 Å². The molecule has 83 heavy (non-hydrogen) atoms. The van der Waals surface area contributed by atoms with Crippen LogP contribution in [0.2, 0.25) is 0 Å². The Morgan fingerprint density at radius 1 is 0.590 bits per heavy atom. The fourth-order valence-corrected chi connectivity index (χ4v) is 9.33. The van der Waals surface area contributed by atoms with E-state index in [4.69, 9.17) is 9.47 Å². The van der Waals surface area contributed by atoms with E-state index in [-0.39, 0.29) is 57.7 Å². The van der Waals surface area contributed by atoms with E-state index in [1.54, 1.807) is 45.8 Å². The Morgan fingerprint density at radius 2 is 1.07 bits per heavy atom. The van der Waals surface area contributed by atoms with Crippen molar-refractivity contribution in [1.82, 2.24) is 34.9 Å². The number of hydrogen-bond acceptors (Lipinski definition) is 10. The fraction of sp³-hybridized carbons (Fsp3) is 0.221. The molecule has 0 N–H and O–H groups in total. The minimum absolute atomic E-state index is 0. The van der Waals surface area contributed by atoms with Crippen LogP contribution in [0.4, 0.5) is 5.69 Å². The van der Waals surface area contributed by atoms with Gasteiger partial charge in [-0.3, -0.25) is 28.6 Å². The summed E-state index contributed by atoms with van der Waals surface area (Å²) in [4.78, 5) is 43.7. The molecule has 4 aromatic carbocycles. The van der Waals surface area contributed by atoms with Gasteiger partial charge in [0.05, 0.1) is 30.6 Å². The summed E-state index contributed by atoms with van der Waals surface area (Å²) in [5.41, 5.74) is 7.70. The summed E-state index contributed by atoms with van der Waals surface area (Å²) < 4.78 is 15.6. The zero-order valence-electron chi connectivity index (χ0n) is 46.5. The molecule has 1 fully saturated rings. The molecular formula is C68H68Fe2N8O5+4. The number of ether oxygens (including phenoxy) is 2. The molecule has 2 aromatic heterocycles. The standard InChI is InChI=1S/C58H56N8O5.2C5H6.2Fe/c1-43-17-26-51(27-18-43)66-54(32-19-44-11-3-2-4-12-44)57(58(66)69)63(39-49-41-64(61-59-49)35-9-37-70-52-28-22-47(23-29-52)55(67)33-20-45-13-5-6-14-45)40-50-42-65(62-60-50)36-10-38-71-53-30-24-48(25-31-53)56(68)34-21-46-15-7-8-16-46;2*1-2-4-5-3-1;;/h2-5,7,11-34,41-42,54,57H,6,8-10,35-40H2,1H3;2*1-4H,5H2;;/q;;;2*+2/b32-19+,33-20+,34-21+;;;;/t54-,57+;;;;/m1..../s1.